The summed E-state index contributed by atoms with van der Waals surface area (Å²) < 4.78 is 7.39. The van der Waals surface area contributed by atoms with Crippen LogP contribution in [0.25, 0.3) is 11.4 Å². The van der Waals surface area contributed by atoms with Crippen LogP contribution in [0.3, 0.4) is 0 Å². The summed E-state index contributed by atoms with van der Waals surface area (Å²) in [7, 11) is 1.65. The predicted octanol–water partition coefficient (Wildman–Crippen LogP) is 5.53. The molecule has 33 heavy (non-hydrogen) atoms. The SMILES string of the molecule is COc1ccc(-c2nnc(SCC(=O)N(Cc3ccccc3)C(C)(C)C)n2CC(C)C)cc1. The van der Waals surface area contributed by atoms with Crippen LogP contribution < -0.4 is 4.74 Å². The number of benzene rings is 2. The molecule has 176 valence electrons. The van der Waals surface area contributed by atoms with Crippen LogP contribution in [-0.2, 0) is 17.9 Å². The molecule has 0 saturated carbocycles. The lowest BCUT2D eigenvalue weighted by atomic mass is 10.0. The van der Waals surface area contributed by atoms with Crippen molar-refractivity contribution in [1.29, 1.82) is 0 Å². The first kappa shape index (κ1) is 24.8. The highest BCUT2D eigenvalue weighted by atomic mass is 32.2. The number of ether oxygens (including phenoxy) is 1. The number of hydrogen-bond acceptors (Lipinski definition) is 5. The number of nitrogens with zero attached hydrogens (tertiary/aromatic N) is 4. The van der Waals surface area contributed by atoms with Crippen LogP contribution in [0.4, 0.5) is 0 Å². The van der Waals surface area contributed by atoms with E-state index in [4.69, 9.17) is 4.74 Å². The van der Waals surface area contributed by atoms with Gasteiger partial charge in [0, 0.05) is 24.2 Å². The summed E-state index contributed by atoms with van der Waals surface area (Å²) in [6.07, 6.45) is 0. The van der Waals surface area contributed by atoms with Gasteiger partial charge in [0.25, 0.3) is 0 Å². The Kier molecular flexibility index (Phi) is 8.19. The van der Waals surface area contributed by atoms with E-state index in [1.54, 1.807) is 7.11 Å². The van der Waals surface area contributed by atoms with Crippen LogP contribution in [0.5, 0.6) is 5.75 Å². The molecule has 3 rings (SSSR count). The van der Waals surface area contributed by atoms with Gasteiger partial charge in [-0.1, -0.05) is 55.9 Å². The van der Waals surface area contributed by atoms with Crippen LogP contribution in [0.15, 0.2) is 59.8 Å². The van der Waals surface area contributed by atoms with Crippen LogP contribution in [0.1, 0.15) is 40.2 Å². The van der Waals surface area contributed by atoms with Crippen LogP contribution >= 0.6 is 11.8 Å². The highest BCUT2D eigenvalue weighted by molar-refractivity contribution is 7.99. The number of amides is 1. The van der Waals surface area contributed by atoms with E-state index in [2.05, 4.69) is 61.5 Å². The van der Waals surface area contributed by atoms with E-state index in [0.29, 0.717) is 18.2 Å². The van der Waals surface area contributed by atoms with Crippen molar-refractivity contribution in [3.05, 3.63) is 60.2 Å². The van der Waals surface area contributed by atoms with Crippen molar-refractivity contribution in [2.45, 2.75) is 58.4 Å². The largest absolute Gasteiger partial charge is 0.497 e. The third-order valence-electron chi connectivity index (χ3n) is 5.23. The fraction of sp³-hybridized carbons (Fsp3) is 0.423. The maximum atomic E-state index is 13.3. The molecule has 0 aliphatic heterocycles. The minimum absolute atomic E-state index is 0.0847. The van der Waals surface area contributed by atoms with Gasteiger partial charge in [-0.2, -0.15) is 0 Å². The van der Waals surface area contributed by atoms with E-state index >= 15 is 0 Å². The summed E-state index contributed by atoms with van der Waals surface area (Å²) >= 11 is 1.45. The quantitative estimate of drug-likeness (QED) is 0.388. The standard InChI is InChI=1S/C26H34N4O2S/c1-19(2)16-29-24(21-12-14-22(32-6)15-13-21)27-28-25(29)33-18-23(31)30(26(3,4)5)17-20-10-8-7-9-11-20/h7-15,19H,16-18H2,1-6H3. The van der Waals surface area contributed by atoms with Gasteiger partial charge in [-0.15, -0.1) is 10.2 Å². The number of methoxy groups -OCH3 is 1. The molecule has 0 aliphatic rings. The fourth-order valence-electron chi connectivity index (χ4n) is 3.55. The van der Waals surface area contributed by atoms with Crippen molar-refractivity contribution in [1.82, 2.24) is 19.7 Å². The summed E-state index contributed by atoms with van der Waals surface area (Å²) in [6.45, 7) is 11.9. The molecule has 0 N–H and O–H groups in total. The van der Waals surface area contributed by atoms with Gasteiger partial charge in [0.2, 0.25) is 5.91 Å². The van der Waals surface area contributed by atoms with Crippen LogP contribution in [0, 0.1) is 5.92 Å². The lowest BCUT2D eigenvalue weighted by Gasteiger charge is -2.36. The topological polar surface area (TPSA) is 60.3 Å². The third kappa shape index (κ3) is 6.60. The first-order valence-electron chi connectivity index (χ1n) is 11.2. The van der Waals surface area contributed by atoms with E-state index in [1.807, 2.05) is 47.4 Å². The van der Waals surface area contributed by atoms with Crippen molar-refractivity contribution in [3.8, 4) is 17.1 Å². The second-order valence-corrected chi connectivity index (χ2v) is 10.4. The summed E-state index contributed by atoms with van der Waals surface area (Å²) in [4.78, 5) is 15.2. The summed E-state index contributed by atoms with van der Waals surface area (Å²) in [5.74, 6) is 2.41. The molecule has 0 radical (unpaired) electrons. The number of hydrogen-bond donors (Lipinski definition) is 0. The number of thioether (sulfide) groups is 1. The van der Waals surface area contributed by atoms with E-state index in [0.717, 1.165) is 34.4 Å². The molecule has 6 nitrogen and oxygen atoms in total. The summed E-state index contributed by atoms with van der Waals surface area (Å²) in [6, 6.07) is 17.9. The Morgan fingerprint density at radius 2 is 1.73 bits per heavy atom. The maximum Gasteiger partial charge on any atom is 0.233 e. The molecule has 0 unspecified atom stereocenters. The fourth-order valence-corrected chi connectivity index (χ4v) is 4.37. The van der Waals surface area contributed by atoms with Gasteiger partial charge in [0.1, 0.15) is 5.75 Å². The van der Waals surface area contributed by atoms with Crippen molar-refractivity contribution in [2.24, 2.45) is 5.92 Å². The first-order chi connectivity index (χ1) is 15.7. The Morgan fingerprint density at radius 1 is 1.06 bits per heavy atom. The molecule has 0 saturated heterocycles. The van der Waals surface area contributed by atoms with Crippen molar-refractivity contribution in [2.75, 3.05) is 12.9 Å². The van der Waals surface area contributed by atoms with E-state index in [1.165, 1.54) is 11.8 Å². The van der Waals surface area contributed by atoms with Gasteiger partial charge >= 0.3 is 0 Å². The zero-order valence-electron chi connectivity index (χ0n) is 20.4. The monoisotopic (exact) mass is 466 g/mol. The van der Waals surface area contributed by atoms with Gasteiger partial charge in [-0.05, 0) is 56.5 Å². The number of rotatable bonds is 9. The minimum atomic E-state index is -0.284. The lowest BCUT2D eigenvalue weighted by molar-refractivity contribution is -0.133. The molecule has 1 aromatic heterocycles. The zero-order chi connectivity index (χ0) is 24.0. The zero-order valence-corrected chi connectivity index (χ0v) is 21.2. The Balaban J connectivity index is 1.80. The van der Waals surface area contributed by atoms with Gasteiger partial charge < -0.3 is 14.2 Å². The first-order valence-corrected chi connectivity index (χ1v) is 12.2. The van der Waals surface area contributed by atoms with Crippen molar-refractivity contribution < 1.29 is 9.53 Å². The Hall–Kier alpha value is -2.80. The molecule has 0 spiro atoms. The number of carbonyl (C=O) groups excluding carboxylic acids is 1. The molecule has 0 atom stereocenters. The second kappa shape index (κ2) is 10.9. The van der Waals surface area contributed by atoms with Gasteiger partial charge in [0.15, 0.2) is 11.0 Å². The molecule has 0 aliphatic carbocycles. The van der Waals surface area contributed by atoms with Gasteiger partial charge in [-0.3, -0.25) is 4.79 Å². The average Bonchev–Trinajstić information content (AvgIpc) is 3.17. The normalized spacial score (nSPS) is 11.6. The predicted molar refractivity (Wildman–Crippen MR) is 134 cm³/mol. The number of aromatic nitrogens is 3. The Bertz CT molecular complexity index is 1040. The molecular formula is C26H34N4O2S. The van der Waals surface area contributed by atoms with Crippen molar-refractivity contribution in [3.63, 3.8) is 0 Å². The Labute approximate surface area is 201 Å². The molecule has 3 aromatic rings. The van der Waals surface area contributed by atoms with E-state index in [9.17, 15) is 4.79 Å². The minimum Gasteiger partial charge on any atom is -0.497 e. The molecule has 0 bridgehead atoms. The lowest BCUT2D eigenvalue weighted by Crippen LogP contribution is -2.45. The van der Waals surface area contributed by atoms with E-state index in [-0.39, 0.29) is 11.4 Å². The number of carbonyl (C=O) groups is 1. The highest BCUT2D eigenvalue weighted by Crippen LogP contribution is 2.28. The summed E-state index contributed by atoms with van der Waals surface area (Å²) in [5.41, 5.74) is 1.81. The molecule has 7 heteroatoms. The molecule has 2 aromatic carbocycles. The Morgan fingerprint density at radius 3 is 2.30 bits per heavy atom. The molecular weight excluding hydrogens is 432 g/mol. The second-order valence-electron chi connectivity index (χ2n) is 9.46. The van der Waals surface area contributed by atoms with Crippen LogP contribution in [-0.4, -0.2) is 44.0 Å². The highest BCUT2D eigenvalue weighted by Gasteiger charge is 2.27. The molecule has 0 fully saturated rings. The van der Waals surface area contributed by atoms with E-state index < -0.39 is 0 Å². The molecule has 1 heterocycles. The molecule has 1 amide bonds. The summed E-state index contributed by atoms with van der Waals surface area (Å²) in [5, 5.41) is 9.66. The van der Waals surface area contributed by atoms with Gasteiger partial charge in [-0.25, -0.2) is 0 Å². The van der Waals surface area contributed by atoms with Crippen molar-refractivity contribution >= 4 is 17.7 Å². The maximum absolute atomic E-state index is 13.3. The van der Waals surface area contributed by atoms with Gasteiger partial charge in [0.05, 0.1) is 12.9 Å². The smallest absolute Gasteiger partial charge is 0.233 e. The average molecular weight is 467 g/mol. The van der Waals surface area contributed by atoms with Crippen LogP contribution in [0.2, 0.25) is 0 Å². The third-order valence-corrected chi connectivity index (χ3v) is 6.18.